The van der Waals surface area contributed by atoms with Gasteiger partial charge in [-0.2, -0.15) is 0 Å². The van der Waals surface area contributed by atoms with E-state index in [9.17, 15) is 0 Å². The molecule has 2 heterocycles. The molecule has 16 aromatic rings. The number of hydrogen-bond acceptors (Lipinski definition) is 3. The number of rotatable bonds is 5. The molecule has 0 atom stereocenters. The van der Waals surface area contributed by atoms with Crippen LogP contribution in [0.2, 0.25) is 0 Å². The van der Waals surface area contributed by atoms with Gasteiger partial charge in [0.15, 0.2) is 0 Å². The zero-order chi connectivity index (χ0) is 63.0. The first-order chi connectivity index (χ1) is 46.6. The molecule has 0 aliphatic heterocycles. The molecule has 2 aromatic heterocycles. The molecule has 0 N–H and O–H groups in total. The third-order valence-electron chi connectivity index (χ3n) is 22.7. The summed E-state index contributed by atoms with van der Waals surface area (Å²) in [7, 11) is 0. The molecular formula is C92H61NO2. The van der Waals surface area contributed by atoms with Crippen molar-refractivity contribution in [1.29, 1.82) is 0 Å². The maximum Gasteiger partial charge on any atom is 0.143 e. The molecule has 5 aliphatic rings. The Morgan fingerprint density at radius 1 is 0.284 bits per heavy atom. The van der Waals surface area contributed by atoms with Crippen molar-refractivity contribution in [1.82, 2.24) is 0 Å². The minimum Gasteiger partial charge on any atom is -0.456 e. The number of nitrogens with zero attached hydrogens (tertiary/aromatic N) is 1. The van der Waals surface area contributed by atoms with Crippen molar-refractivity contribution in [2.24, 2.45) is 0 Å². The maximum absolute atomic E-state index is 7.07. The number of hydrogen-bond donors (Lipinski definition) is 0. The Labute approximate surface area is 551 Å². The summed E-state index contributed by atoms with van der Waals surface area (Å²) in [4.78, 5) is 2.57. The van der Waals surface area contributed by atoms with Gasteiger partial charge in [0.25, 0.3) is 0 Å². The van der Waals surface area contributed by atoms with Gasteiger partial charge in [0, 0.05) is 49.5 Å². The molecule has 14 aromatic carbocycles. The van der Waals surface area contributed by atoms with Gasteiger partial charge in [0.1, 0.15) is 22.3 Å². The molecule has 0 saturated heterocycles. The van der Waals surface area contributed by atoms with Gasteiger partial charge in [-0.05, 0) is 221 Å². The summed E-state index contributed by atoms with van der Waals surface area (Å²) in [5, 5.41) is 4.63. The quantitative estimate of drug-likeness (QED) is 0.172. The van der Waals surface area contributed by atoms with E-state index >= 15 is 0 Å². The Kier molecular flexibility index (Phi) is 10.4. The molecular weight excluding hydrogens is 1150 g/mol. The molecule has 0 saturated carbocycles. The molecule has 5 aliphatic carbocycles. The summed E-state index contributed by atoms with van der Waals surface area (Å²) < 4.78 is 13.9. The predicted molar refractivity (Wildman–Crippen MR) is 391 cm³/mol. The van der Waals surface area contributed by atoms with Crippen LogP contribution in [0.1, 0.15) is 86.2 Å². The van der Waals surface area contributed by atoms with Crippen molar-refractivity contribution in [2.45, 2.75) is 50.9 Å². The highest BCUT2D eigenvalue weighted by molar-refractivity contribution is 6.20. The third-order valence-corrected chi connectivity index (χ3v) is 22.7. The van der Waals surface area contributed by atoms with Crippen LogP contribution in [0.4, 0.5) is 17.1 Å². The summed E-state index contributed by atoms with van der Waals surface area (Å²) in [5.41, 5.74) is 39.4. The van der Waals surface area contributed by atoms with E-state index in [1.54, 1.807) is 0 Å². The molecule has 0 amide bonds. The highest BCUT2D eigenvalue weighted by atomic mass is 16.3. The first kappa shape index (κ1) is 53.0. The van der Waals surface area contributed by atoms with Gasteiger partial charge >= 0.3 is 0 Å². The summed E-state index contributed by atoms with van der Waals surface area (Å²) in [6.07, 6.45) is 0. The lowest BCUT2D eigenvalue weighted by molar-refractivity contribution is 0.657. The van der Waals surface area contributed by atoms with E-state index in [1.807, 2.05) is 0 Å². The Bertz CT molecular complexity index is 6010. The Balaban J connectivity index is 0.841. The van der Waals surface area contributed by atoms with Crippen molar-refractivity contribution in [3.8, 4) is 77.9 Å². The van der Waals surface area contributed by atoms with Gasteiger partial charge in [0.05, 0.1) is 16.5 Å². The van der Waals surface area contributed by atoms with Crippen molar-refractivity contribution < 1.29 is 8.83 Å². The summed E-state index contributed by atoms with van der Waals surface area (Å²) in [6.45, 7) is 11.6. The van der Waals surface area contributed by atoms with Crippen molar-refractivity contribution in [3.05, 3.63) is 351 Å². The number of benzene rings is 14. The van der Waals surface area contributed by atoms with Crippen LogP contribution in [0.25, 0.3) is 122 Å². The minimum absolute atomic E-state index is 0.398. The molecule has 0 radical (unpaired) electrons. The molecule has 3 heteroatoms. The summed E-state index contributed by atoms with van der Waals surface area (Å²) >= 11 is 0. The predicted octanol–water partition coefficient (Wildman–Crippen LogP) is 24.2. The van der Waals surface area contributed by atoms with E-state index < -0.39 is 16.2 Å². The molecule has 2 spiro atoms. The van der Waals surface area contributed by atoms with Crippen LogP contribution in [0, 0.1) is 20.8 Å². The van der Waals surface area contributed by atoms with Crippen LogP contribution < -0.4 is 4.90 Å². The van der Waals surface area contributed by atoms with Gasteiger partial charge < -0.3 is 13.7 Å². The second-order valence-corrected chi connectivity index (χ2v) is 27.8. The monoisotopic (exact) mass is 1210 g/mol. The van der Waals surface area contributed by atoms with E-state index in [2.05, 4.69) is 319 Å². The van der Waals surface area contributed by atoms with Crippen LogP contribution in [-0.2, 0) is 16.2 Å². The second-order valence-electron chi connectivity index (χ2n) is 27.8. The first-order valence-electron chi connectivity index (χ1n) is 33.5. The van der Waals surface area contributed by atoms with Gasteiger partial charge in [-0.3, -0.25) is 0 Å². The van der Waals surface area contributed by atoms with E-state index in [0.29, 0.717) is 0 Å². The Hall–Kier alpha value is -11.5. The maximum atomic E-state index is 7.07. The average Bonchev–Trinajstić information content (AvgIpc) is 1.49. The SMILES string of the molecule is Cc1cc(C)c(-c2cc3c(c4c2oc2ccccc24)-c2ccc(N(c4ccc5c(c4)C4(c6ccccc6-c6ccccc64)c4cc6c(cc4-5)C4(c5ccccc5-c5ccccc54)c4ccc5oc7ccccc7c5c4-6)c4ccccc4-c4ccccc4)cc2C3(C)C)c(C)c1. The zero-order valence-electron chi connectivity index (χ0n) is 53.3. The molecule has 0 bridgehead atoms. The highest BCUT2D eigenvalue weighted by Gasteiger charge is 2.57. The first-order valence-corrected chi connectivity index (χ1v) is 33.5. The zero-order valence-corrected chi connectivity index (χ0v) is 53.3. The number of aryl methyl sites for hydroxylation is 3. The standard InChI is InChI=1S/C92H61NO2/c1-52-45-53(2)84(54(3)46-52)69-51-79-85(88-66-31-15-22-38-82(66)95-89(69)88)64-42-40-56(47-75(64)90(79,4)5)93(80-36-20-13-25-58(80)55-23-7-6-8-24-55)57-39-41-63-67-49-78-68(50-77(67)92(76(63)48-57)72-34-18-11-28-61(72)62-29-12-19-35-73(62)92)86-74(43-44-83-87(86)65-30-14-21-37-81(65)94-83)91(78)70-32-16-9-26-59(70)60-27-10-17-33-71(60)91/h6-51H,1-5H3. The van der Waals surface area contributed by atoms with Crippen molar-refractivity contribution in [3.63, 3.8) is 0 Å². The average molecular weight is 1210 g/mol. The van der Waals surface area contributed by atoms with Gasteiger partial charge in [-0.25, -0.2) is 0 Å². The van der Waals surface area contributed by atoms with Crippen LogP contribution in [0.3, 0.4) is 0 Å². The Morgan fingerprint density at radius 3 is 1.39 bits per heavy atom. The summed E-state index contributed by atoms with van der Waals surface area (Å²) in [6, 6.07) is 106. The topological polar surface area (TPSA) is 29.5 Å². The fourth-order valence-electron chi connectivity index (χ4n) is 19.2. The lowest BCUT2D eigenvalue weighted by atomic mass is 9.68. The van der Waals surface area contributed by atoms with Gasteiger partial charge in [-0.1, -0.05) is 232 Å². The molecule has 21 rings (SSSR count). The van der Waals surface area contributed by atoms with Gasteiger partial charge in [0.2, 0.25) is 0 Å². The van der Waals surface area contributed by atoms with Gasteiger partial charge in [-0.15, -0.1) is 0 Å². The van der Waals surface area contributed by atoms with Crippen LogP contribution in [-0.4, -0.2) is 0 Å². The Morgan fingerprint density at radius 2 is 0.747 bits per heavy atom. The summed E-state index contributed by atoms with van der Waals surface area (Å²) in [5.74, 6) is 0. The molecule has 95 heavy (non-hydrogen) atoms. The minimum atomic E-state index is -0.701. The molecule has 0 unspecified atom stereocenters. The molecule has 0 fully saturated rings. The third kappa shape index (κ3) is 6.60. The lowest BCUT2D eigenvalue weighted by Gasteiger charge is -2.33. The highest BCUT2D eigenvalue weighted by Crippen LogP contribution is 2.70. The van der Waals surface area contributed by atoms with Crippen molar-refractivity contribution >= 4 is 60.9 Å². The van der Waals surface area contributed by atoms with E-state index in [1.165, 1.54) is 144 Å². The van der Waals surface area contributed by atoms with E-state index in [4.69, 9.17) is 8.83 Å². The smallest absolute Gasteiger partial charge is 0.143 e. The molecule has 446 valence electrons. The van der Waals surface area contributed by atoms with Crippen LogP contribution in [0.5, 0.6) is 0 Å². The second kappa shape index (κ2) is 18.6. The number of para-hydroxylation sites is 3. The number of furan rings is 2. The van der Waals surface area contributed by atoms with Crippen LogP contribution >= 0.6 is 0 Å². The number of fused-ring (bicyclic) bond motifs is 31. The van der Waals surface area contributed by atoms with Crippen LogP contribution in [0.15, 0.2) is 288 Å². The fraction of sp³-hybridized carbons (Fsp3) is 0.0870. The fourth-order valence-corrected chi connectivity index (χ4v) is 19.2. The molecule has 3 nitrogen and oxygen atoms in total. The van der Waals surface area contributed by atoms with E-state index in [0.717, 1.165) is 66.9 Å². The number of anilines is 3. The normalized spacial score (nSPS) is 14.6. The lowest BCUT2D eigenvalue weighted by Crippen LogP contribution is -2.27. The van der Waals surface area contributed by atoms with E-state index in [-0.39, 0.29) is 0 Å². The largest absolute Gasteiger partial charge is 0.456 e. The van der Waals surface area contributed by atoms with Crippen molar-refractivity contribution in [2.75, 3.05) is 4.90 Å².